The second-order valence-electron chi connectivity index (χ2n) is 5.57. The molecule has 22 heavy (non-hydrogen) atoms. The number of nitrogens with zero attached hydrogens (tertiary/aromatic N) is 3. The van der Waals surface area contributed by atoms with Gasteiger partial charge in [-0.25, -0.2) is 9.97 Å². The Morgan fingerprint density at radius 2 is 2.05 bits per heavy atom. The molecule has 2 aromatic heterocycles. The molecule has 0 radical (unpaired) electrons. The van der Waals surface area contributed by atoms with Crippen LogP contribution in [0.4, 0.5) is 0 Å². The van der Waals surface area contributed by atoms with Crippen LogP contribution in [0.25, 0.3) is 0 Å². The minimum Gasteiger partial charge on any atom is -0.448 e. The van der Waals surface area contributed by atoms with E-state index in [4.69, 9.17) is 4.42 Å². The van der Waals surface area contributed by atoms with Crippen LogP contribution in [0.5, 0.6) is 0 Å². The molecule has 3 rings (SSSR count). The summed E-state index contributed by atoms with van der Waals surface area (Å²) in [5, 5.41) is 0. The first-order valence-corrected chi connectivity index (χ1v) is 7.32. The first kappa shape index (κ1) is 14.5. The molecule has 2 aromatic rings. The van der Waals surface area contributed by atoms with E-state index in [1.165, 1.54) is 6.26 Å². The molecule has 0 spiro atoms. The van der Waals surface area contributed by atoms with Crippen molar-refractivity contribution in [3.63, 3.8) is 0 Å². The molecule has 0 saturated carbocycles. The summed E-state index contributed by atoms with van der Waals surface area (Å²) in [6, 6.07) is 1.55. The summed E-state index contributed by atoms with van der Waals surface area (Å²) >= 11 is 0. The Balaban J connectivity index is 1.67. The van der Waals surface area contributed by atoms with Crippen molar-refractivity contribution in [3.05, 3.63) is 45.8 Å². The number of oxazole rings is 1. The summed E-state index contributed by atoms with van der Waals surface area (Å²) in [4.78, 5) is 36.7. The molecule has 1 amide bonds. The lowest BCUT2D eigenvalue weighted by Gasteiger charge is -2.31. The van der Waals surface area contributed by atoms with E-state index in [2.05, 4.69) is 15.0 Å². The fraction of sp³-hybridized carbons (Fsp3) is 0.467. The number of piperidine rings is 1. The Bertz CT molecular complexity index is 741. The van der Waals surface area contributed by atoms with Crippen molar-refractivity contribution in [1.29, 1.82) is 0 Å². The predicted octanol–water partition coefficient (Wildman–Crippen LogP) is 1.39. The van der Waals surface area contributed by atoms with Gasteiger partial charge in [-0.2, -0.15) is 0 Å². The highest BCUT2D eigenvalue weighted by atomic mass is 16.3. The molecule has 0 aromatic carbocycles. The second-order valence-corrected chi connectivity index (χ2v) is 5.57. The highest BCUT2D eigenvalue weighted by Crippen LogP contribution is 2.26. The van der Waals surface area contributed by atoms with Crippen molar-refractivity contribution < 1.29 is 9.21 Å². The number of likely N-dealkylation sites (tertiary alicyclic amines) is 1. The molecule has 7 nitrogen and oxygen atoms in total. The van der Waals surface area contributed by atoms with E-state index < -0.39 is 0 Å². The van der Waals surface area contributed by atoms with Gasteiger partial charge in [0.15, 0.2) is 11.6 Å². The van der Waals surface area contributed by atoms with Gasteiger partial charge in [0, 0.05) is 32.0 Å². The number of amides is 1. The molecule has 3 heterocycles. The van der Waals surface area contributed by atoms with E-state index >= 15 is 0 Å². The van der Waals surface area contributed by atoms with Gasteiger partial charge in [0.1, 0.15) is 12.1 Å². The zero-order valence-electron chi connectivity index (χ0n) is 12.6. The van der Waals surface area contributed by atoms with E-state index in [1.807, 2.05) is 0 Å². The molecule has 1 aliphatic rings. The third-order valence-electron chi connectivity index (χ3n) is 3.92. The van der Waals surface area contributed by atoms with Gasteiger partial charge in [0.25, 0.3) is 11.5 Å². The average Bonchev–Trinajstić information content (AvgIpc) is 2.92. The van der Waals surface area contributed by atoms with Gasteiger partial charge < -0.3 is 14.3 Å². The summed E-state index contributed by atoms with van der Waals surface area (Å²) in [7, 11) is 0. The van der Waals surface area contributed by atoms with Crippen LogP contribution < -0.4 is 5.56 Å². The maximum absolute atomic E-state index is 12.3. The Hall–Kier alpha value is -2.44. The van der Waals surface area contributed by atoms with Crippen LogP contribution in [0.2, 0.25) is 0 Å². The summed E-state index contributed by atoms with van der Waals surface area (Å²) in [5.41, 5.74) is 1.03. The molecule has 0 unspecified atom stereocenters. The van der Waals surface area contributed by atoms with E-state index in [-0.39, 0.29) is 17.4 Å². The maximum atomic E-state index is 12.3. The number of hydrogen-bond donors (Lipinski definition) is 1. The number of aryl methyl sites for hydroxylation is 2. The number of aromatic amines is 1. The lowest BCUT2D eigenvalue weighted by atomic mass is 9.93. The topological polar surface area (TPSA) is 92.1 Å². The van der Waals surface area contributed by atoms with Gasteiger partial charge in [0.2, 0.25) is 0 Å². The first-order valence-electron chi connectivity index (χ1n) is 7.32. The molecule has 1 fully saturated rings. The molecule has 1 aliphatic heterocycles. The molecule has 0 atom stereocenters. The maximum Gasteiger partial charge on any atom is 0.275 e. The summed E-state index contributed by atoms with van der Waals surface area (Å²) in [6.45, 7) is 4.74. The SMILES string of the molecule is Cc1nc(C2CCN(C(=O)c3coc(C)n3)CC2)cc(=O)[nH]1. The van der Waals surface area contributed by atoms with Gasteiger partial charge in [-0.15, -0.1) is 0 Å². The number of aromatic nitrogens is 3. The van der Waals surface area contributed by atoms with E-state index in [9.17, 15) is 9.59 Å². The van der Waals surface area contributed by atoms with Crippen LogP contribution in [-0.2, 0) is 0 Å². The Labute approximate surface area is 127 Å². The fourth-order valence-electron chi connectivity index (χ4n) is 2.81. The Morgan fingerprint density at radius 1 is 1.32 bits per heavy atom. The van der Waals surface area contributed by atoms with Crippen LogP contribution >= 0.6 is 0 Å². The van der Waals surface area contributed by atoms with Gasteiger partial charge in [-0.05, 0) is 19.8 Å². The number of carbonyl (C=O) groups is 1. The number of H-pyrrole nitrogens is 1. The third kappa shape index (κ3) is 2.93. The monoisotopic (exact) mass is 302 g/mol. The van der Waals surface area contributed by atoms with Crippen LogP contribution in [-0.4, -0.2) is 38.8 Å². The third-order valence-corrected chi connectivity index (χ3v) is 3.92. The van der Waals surface area contributed by atoms with Gasteiger partial charge in [-0.1, -0.05) is 0 Å². The molecular weight excluding hydrogens is 284 g/mol. The average molecular weight is 302 g/mol. The normalized spacial score (nSPS) is 16.0. The largest absolute Gasteiger partial charge is 0.448 e. The van der Waals surface area contributed by atoms with Crippen molar-refractivity contribution in [2.75, 3.05) is 13.1 Å². The van der Waals surface area contributed by atoms with Crippen LogP contribution in [0.1, 0.15) is 46.7 Å². The van der Waals surface area contributed by atoms with Crippen molar-refractivity contribution in [3.8, 4) is 0 Å². The zero-order valence-corrected chi connectivity index (χ0v) is 12.6. The van der Waals surface area contributed by atoms with Crippen LogP contribution in [0, 0.1) is 13.8 Å². The van der Waals surface area contributed by atoms with Crippen molar-refractivity contribution in [2.45, 2.75) is 32.6 Å². The minimum absolute atomic E-state index is 0.106. The molecule has 1 N–H and O–H groups in total. The van der Waals surface area contributed by atoms with E-state index in [0.717, 1.165) is 18.5 Å². The van der Waals surface area contributed by atoms with Crippen LogP contribution in [0.15, 0.2) is 21.5 Å². The van der Waals surface area contributed by atoms with Gasteiger partial charge in [0.05, 0.1) is 5.69 Å². The first-order chi connectivity index (χ1) is 10.5. The van der Waals surface area contributed by atoms with Gasteiger partial charge in [-0.3, -0.25) is 9.59 Å². The van der Waals surface area contributed by atoms with E-state index in [1.54, 1.807) is 24.8 Å². The number of nitrogens with one attached hydrogen (secondary N) is 1. The quantitative estimate of drug-likeness (QED) is 0.905. The minimum atomic E-state index is -0.126. The molecule has 7 heteroatoms. The Morgan fingerprint density at radius 3 is 2.64 bits per heavy atom. The second kappa shape index (κ2) is 5.75. The van der Waals surface area contributed by atoms with E-state index in [0.29, 0.717) is 30.5 Å². The summed E-state index contributed by atoms with van der Waals surface area (Å²) in [5.74, 6) is 1.22. The highest BCUT2D eigenvalue weighted by Gasteiger charge is 2.27. The van der Waals surface area contributed by atoms with Crippen LogP contribution in [0.3, 0.4) is 0 Å². The summed E-state index contributed by atoms with van der Waals surface area (Å²) in [6.07, 6.45) is 2.97. The highest BCUT2D eigenvalue weighted by molar-refractivity contribution is 5.92. The lowest BCUT2D eigenvalue weighted by molar-refractivity contribution is 0.0706. The van der Waals surface area contributed by atoms with Crippen molar-refractivity contribution in [1.82, 2.24) is 19.9 Å². The van der Waals surface area contributed by atoms with Crippen molar-refractivity contribution in [2.24, 2.45) is 0 Å². The molecular formula is C15H18N4O3. The van der Waals surface area contributed by atoms with Gasteiger partial charge >= 0.3 is 0 Å². The zero-order chi connectivity index (χ0) is 15.7. The standard InChI is InChI=1S/C15H18N4O3/c1-9-16-12(7-14(20)17-9)11-3-5-19(6-4-11)15(21)13-8-22-10(2)18-13/h7-8,11H,3-6H2,1-2H3,(H,16,17,20). The number of hydrogen-bond acceptors (Lipinski definition) is 5. The Kier molecular flexibility index (Phi) is 3.79. The molecule has 1 saturated heterocycles. The summed E-state index contributed by atoms with van der Waals surface area (Å²) < 4.78 is 5.09. The molecule has 0 bridgehead atoms. The fourth-order valence-corrected chi connectivity index (χ4v) is 2.81. The van der Waals surface area contributed by atoms with Crippen molar-refractivity contribution >= 4 is 5.91 Å². The predicted molar refractivity (Wildman–Crippen MR) is 78.7 cm³/mol. The number of carbonyl (C=O) groups excluding carboxylic acids is 1. The molecule has 0 aliphatic carbocycles. The number of rotatable bonds is 2. The smallest absolute Gasteiger partial charge is 0.275 e. The lowest BCUT2D eigenvalue weighted by Crippen LogP contribution is -2.38. The molecule has 116 valence electrons.